The minimum Gasteiger partial charge on any atom is -0.308 e. The van der Waals surface area contributed by atoms with Crippen molar-refractivity contribution in [3.8, 4) is 0 Å². The number of aryl methyl sites for hydroxylation is 1. The largest absolute Gasteiger partial charge is 0.308 e. The Labute approximate surface area is 153 Å². The van der Waals surface area contributed by atoms with Gasteiger partial charge in [0.05, 0.1) is 23.0 Å². The molecular weight excluding hydrogens is 344 g/mol. The Bertz CT molecular complexity index is 1240. The lowest BCUT2D eigenvalue weighted by molar-refractivity contribution is -0.118. The summed E-state index contributed by atoms with van der Waals surface area (Å²) in [7, 11) is 0. The summed E-state index contributed by atoms with van der Waals surface area (Å²) in [6.45, 7) is 1.49. The molecule has 0 aliphatic carbocycles. The van der Waals surface area contributed by atoms with Crippen molar-refractivity contribution in [1.29, 1.82) is 0 Å². The summed E-state index contributed by atoms with van der Waals surface area (Å²) in [6.07, 6.45) is 0.163. The summed E-state index contributed by atoms with van der Waals surface area (Å²) in [6, 6.07) is 14.9. The third-order valence-electron chi connectivity index (χ3n) is 4.89. The number of amides is 1. The van der Waals surface area contributed by atoms with Crippen LogP contribution in [0.25, 0.3) is 21.9 Å². The molecule has 0 bridgehead atoms. The molecular formula is C19H16N6O2. The van der Waals surface area contributed by atoms with Gasteiger partial charge in [0, 0.05) is 19.5 Å². The molecule has 3 heterocycles. The van der Waals surface area contributed by atoms with Crippen LogP contribution in [0.5, 0.6) is 0 Å². The van der Waals surface area contributed by atoms with E-state index in [1.165, 1.54) is 4.68 Å². The second-order valence-corrected chi connectivity index (χ2v) is 6.48. The van der Waals surface area contributed by atoms with Crippen LogP contribution in [0.1, 0.15) is 6.42 Å². The number of imidazole rings is 1. The van der Waals surface area contributed by atoms with Gasteiger partial charge in [-0.2, -0.15) is 0 Å². The lowest BCUT2D eigenvalue weighted by Crippen LogP contribution is -2.32. The first-order valence-electron chi connectivity index (χ1n) is 8.80. The summed E-state index contributed by atoms with van der Waals surface area (Å²) < 4.78 is 3.30. The number of hydrogen-bond acceptors (Lipinski definition) is 5. The van der Waals surface area contributed by atoms with E-state index in [9.17, 15) is 9.59 Å². The highest BCUT2D eigenvalue weighted by Gasteiger charge is 2.28. The molecule has 0 saturated heterocycles. The molecule has 4 aromatic rings. The SMILES string of the molecule is O=C(CCn1nnc2ccccc2c1=O)N1CCn2c1nc1ccccc12. The summed E-state index contributed by atoms with van der Waals surface area (Å²) in [5, 5.41) is 8.50. The van der Waals surface area contributed by atoms with E-state index in [2.05, 4.69) is 19.9 Å². The molecule has 0 unspecified atom stereocenters. The van der Waals surface area contributed by atoms with Gasteiger partial charge in [-0.25, -0.2) is 9.67 Å². The van der Waals surface area contributed by atoms with Gasteiger partial charge in [-0.05, 0) is 24.3 Å². The molecule has 27 heavy (non-hydrogen) atoms. The summed E-state index contributed by atoms with van der Waals surface area (Å²) >= 11 is 0. The molecule has 0 spiro atoms. The molecule has 0 radical (unpaired) electrons. The lowest BCUT2D eigenvalue weighted by Gasteiger charge is -2.14. The molecule has 1 aliphatic heterocycles. The molecule has 134 valence electrons. The monoisotopic (exact) mass is 360 g/mol. The number of aromatic nitrogens is 5. The Morgan fingerprint density at radius 2 is 1.78 bits per heavy atom. The van der Waals surface area contributed by atoms with E-state index >= 15 is 0 Å². The van der Waals surface area contributed by atoms with Crippen molar-refractivity contribution >= 4 is 33.8 Å². The fraction of sp³-hybridized carbons (Fsp3) is 0.211. The molecule has 0 atom stereocenters. The topological polar surface area (TPSA) is 85.9 Å². The Morgan fingerprint density at radius 3 is 2.67 bits per heavy atom. The maximum Gasteiger partial charge on any atom is 0.277 e. The summed E-state index contributed by atoms with van der Waals surface area (Å²) in [4.78, 5) is 31.5. The van der Waals surface area contributed by atoms with Crippen LogP contribution >= 0.6 is 0 Å². The van der Waals surface area contributed by atoms with Gasteiger partial charge in [-0.1, -0.05) is 29.5 Å². The molecule has 5 rings (SSSR count). The number of anilines is 1. The number of rotatable bonds is 3. The Hall–Kier alpha value is -3.55. The quantitative estimate of drug-likeness (QED) is 0.554. The first kappa shape index (κ1) is 15.7. The van der Waals surface area contributed by atoms with Crippen LogP contribution in [-0.2, 0) is 17.9 Å². The van der Waals surface area contributed by atoms with Gasteiger partial charge in [-0.3, -0.25) is 14.5 Å². The third kappa shape index (κ3) is 2.49. The molecule has 2 aromatic heterocycles. The highest BCUT2D eigenvalue weighted by Crippen LogP contribution is 2.27. The highest BCUT2D eigenvalue weighted by atomic mass is 16.2. The Balaban J connectivity index is 1.38. The van der Waals surface area contributed by atoms with E-state index in [4.69, 9.17) is 0 Å². The molecule has 0 N–H and O–H groups in total. The Morgan fingerprint density at radius 1 is 1.00 bits per heavy atom. The van der Waals surface area contributed by atoms with Crippen LogP contribution < -0.4 is 10.5 Å². The number of fused-ring (bicyclic) bond motifs is 4. The molecule has 8 heteroatoms. The molecule has 0 saturated carbocycles. The molecule has 1 amide bonds. The first-order valence-corrected chi connectivity index (χ1v) is 8.80. The third-order valence-corrected chi connectivity index (χ3v) is 4.89. The van der Waals surface area contributed by atoms with Crippen molar-refractivity contribution in [1.82, 2.24) is 24.5 Å². The minimum atomic E-state index is -0.234. The van der Waals surface area contributed by atoms with E-state index < -0.39 is 0 Å². The normalized spacial score (nSPS) is 13.4. The van der Waals surface area contributed by atoms with Crippen LogP contribution in [0, 0.1) is 0 Å². The van der Waals surface area contributed by atoms with Crippen molar-refractivity contribution in [3.05, 3.63) is 58.9 Å². The second-order valence-electron chi connectivity index (χ2n) is 6.48. The van der Waals surface area contributed by atoms with Crippen LogP contribution in [0.15, 0.2) is 53.3 Å². The number of benzene rings is 2. The summed E-state index contributed by atoms with van der Waals surface area (Å²) in [5.74, 6) is 0.587. The van der Waals surface area contributed by atoms with Crippen molar-refractivity contribution in [3.63, 3.8) is 0 Å². The molecule has 2 aromatic carbocycles. The molecule has 1 aliphatic rings. The van der Waals surface area contributed by atoms with E-state index in [1.54, 1.807) is 23.1 Å². The maximum atomic E-state index is 12.7. The average molecular weight is 360 g/mol. The fourth-order valence-electron chi connectivity index (χ4n) is 3.53. The second kappa shape index (κ2) is 6.01. The number of nitrogens with zero attached hydrogens (tertiary/aromatic N) is 6. The van der Waals surface area contributed by atoms with E-state index in [0.29, 0.717) is 23.4 Å². The zero-order valence-electron chi connectivity index (χ0n) is 14.4. The number of hydrogen-bond donors (Lipinski definition) is 0. The van der Waals surface area contributed by atoms with Crippen LogP contribution in [0.3, 0.4) is 0 Å². The van der Waals surface area contributed by atoms with Crippen LogP contribution in [-0.4, -0.2) is 37.0 Å². The smallest absolute Gasteiger partial charge is 0.277 e. The van der Waals surface area contributed by atoms with Crippen molar-refractivity contribution in [2.24, 2.45) is 0 Å². The maximum absolute atomic E-state index is 12.7. The van der Waals surface area contributed by atoms with Gasteiger partial charge in [0.1, 0.15) is 5.52 Å². The van der Waals surface area contributed by atoms with Gasteiger partial charge in [0.15, 0.2) is 0 Å². The Kier molecular flexibility index (Phi) is 3.49. The number of carbonyl (C=O) groups excluding carboxylic acids is 1. The van der Waals surface area contributed by atoms with Crippen molar-refractivity contribution in [2.45, 2.75) is 19.5 Å². The van der Waals surface area contributed by atoms with Gasteiger partial charge in [0.2, 0.25) is 11.9 Å². The first-order chi connectivity index (χ1) is 13.2. The lowest BCUT2D eigenvalue weighted by atomic mass is 10.2. The zero-order chi connectivity index (χ0) is 18.4. The molecule has 8 nitrogen and oxygen atoms in total. The summed E-state index contributed by atoms with van der Waals surface area (Å²) in [5.41, 5.74) is 2.22. The highest BCUT2D eigenvalue weighted by molar-refractivity contribution is 5.94. The fourth-order valence-corrected chi connectivity index (χ4v) is 3.53. The average Bonchev–Trinajstić information content (AvgIpc) is 3.27. The molecule has 0 fully saturated rings. The van der Waals surface area contributed by atoms with Gasteiger partial charge < -0.3 is 4.57 Å². The standard InChI is InChI=1S/C19H16N6O2/c26-17(9-10-25-18(27)13-5-1-2-6-14(13)21-22-25)24-12-11-23-16-8-4-3-7-15(16)20-19(23)24/h1-8H,9-12H2. The van der Waals surface area contributed by atoms with E-state index in [0.717, 1.165) is 17.6 Å². The number of para-hydroxylation sites is 2. The van der Waals surface area contributed by atoms with Gasteiger partial charge in [0.25, 0.3) is 5.56 Å². The van der Waals surface area contributed by atoms with E-state index in [-0.39, 0.29) is 24.4 Å². The predicted octanol–water partition coefficient (Wildman–Crippen LogP) is 1.58. The van der Waals surface area contributed by atoms with E-state index in [1.807, 2.05) is 30.3 Å². The van der Waals surface area contributed by atoms with Crippen molar-refractivity contribution < 1.29 is 4.79 Å². The van der Waals surface area contributed by atoms with Gasteiger partial charge >= 0.3 is 0 Å². The van der Waals surface area contributed by atoms with Crippen molar-refractivity contribution in [2.75, 3.05) is 11.4 Å². The van der Waals surface area contributed by atoms with Crippen LogP contribution in [0.2, 0.25) is 0 Å². The zero-order valence-corrected chi connectivity index (χ0v) is 14.4. The predicted molar refractivity (Wildman–Crippen MR) is 101 cm³/mol. The minimum absolute atomic E-state index is 0.0779. The van der Waals surface area contributed by atoms with Gasteiger partial charge in [-0.15, -0.1) is 5.10 Å². The number of carbonyl (C=O) groups is 1. The van der Waals surface area contributed by atoms with Crippen LogP contribution in [0.4, 0.5) is 5.95 Å².